The van der Waals surface area contributed by atoms with Crippen LogP contribution in [-0.2, 0) is 0 Å². The fourth-order valence-corrected chi connectivity index (χ4v) is 4.19. The maximum Gasteiger partial charge on any atom is 0.0551 e. The van der Waals surface area contributed by atoms with Crippen molar-refractivity contribution in [2.45, 2.75) is 57.4 Å². The zero-order chi connectivity index (χ0) is 9.60. The van der Waals surface area contributed by atoms with E-state index in [1.165, 1.54) is 51.4 Å². The van der Waals surface area contributed by atoms with Gasteiger partial charge in [-0.25, -0.2) is 0 Å². The van der Waals surface area contributed by atoms with Crippen LogP contribution < -0.4 is 0 Å². The summed E-state index contributed by atoms with van der Waals surface area (Å²) in [6.07, 6.45) is 11.6. The quantitative estimate of drug-likeness (QED) is 0.563. The lowest BCUT2D eigenvalue weighted by molar-refractivity contribution is 0.230. The van der Waals surface area contributed by atoms with Gasteiger partial charge in [0.25, 0.3) is 0 Å². The fourth-order valence-electron chi connectivity index (χ4n) is 4.19. The van der Waals surface area contributed by atoms with Crippen molar-refractivity contribution in [3.63, 3.8) is 0 Å². The highest BCUT2D eigenvalue weighted by molar-refractivity contribution is 5.27. The SMILES string of the molecule is C=NC1CCCCC2CCC13CC3C2. The Bertz CT molecular complexity index is 248. The molecule has 0 amide bonds. The highest BCUT2D eigenvalue weighted by atomic mass is 14.8. The van der Waals surface area contributed by atoms with Crippen molar-refractivity contribution in [3.05, 3.63) is 0 Å². The molecule has 0 aromatic rings. The van der Waals surface area contributed by atoms with Crippen molar-refractivity contribution >= 4 is 6.72 Å². The minimum Gasteiger partial charge on any atom is -0.297 e. The number of nitrogens with zero attached hydrogens (tertiary/aromatic N) is 1. The Morgan fingerprint density at radius 1 is 1.14 bits per heavy atom. The van der Waals surface area contributed by atoms with Crippen molar-refractivity contribution in [1.29, 1.82) is 0 Å². The second-order valence-electron chi connectivity index (χ2n) is 5.76. The molecule has 78 valence electrons. The zero-order valence-corrected chi connectivity index (χ0v) is 9.04. The molecule has 1 spiro atoms. The van der Waals surface area contributed by atoms with Gasteiger partial charge in [0.2, 0.25) is 0 Å². The van der Waals surface area contributed by atoms with E-state index in [1.54, 1.807) is 0 Å². The van der Waals surface area contributed by atoms with Gasteiger partial charge in [0, 0.05) is 0 Å². The fraction of sp³-hybridized carbons (Fsp3) is 0.923. The van der Waals surface area contributed by atoms with Gasteiger partial charge in [-0.15, -0.1) is 0 Å². The molecule has 4 fully saturated rings. The Kier molecular flexibility index (Phi) is 1.97. The molecule has 1 heteroatoms. The molecule has 2 bridgehead atoms. The molecule has 0 saturated heterocycles. The average Bonchev–Trinajstić information content (AvgIpc) is 2.89. The predicted molar refractivity (Wildman–Crippen MR) is 59.7 cm³/mol. The molecule has 1 nitrogen and oxygen atoms in total. The van der Waals surface area contributed by atoms with Gasteiger partial charge in [0.1, 0.15) is 0 Å². The summed E-state index contributed by atoms with van der Waals surface area (Å²) in [5.74, 6) is 2.11. The minimum absolute atomic E-state index is 0.617. The van der Waals surface area contributed by atoms with E-state index in [-0.39, 0.29) is 0 Å². The van der Waals surface area contributed by atoms with Crippen LogP contribution in [0.1, 0.15) is 51.4 Å². The Labute approximate surface area is 87.0 Å². The summed E-state index contributed by atoms with van der Waals surface area (Å²) in [5, 5.41) is 0. The number of aliphatic imine (C=N–C) groups is 1. The van der Waals surface area contributed by atoms with Gasteiger partial charge >= 0.3 is 0 Å². The average molecular weight is 191 g/mol. The van der Waals surface area contributed by atoms with E-state index in [0.717, 1.165) is 11.8 Å². The molecule has 0 aromatic heterocycles. The summed E-state index contributed by atoms with van der Waals surface area (Å²) in [4.78, 5) is 4.43. The zero-order valence-electron chi connectivity index (χ0n) is 9.04. The Morgan fingerprint density at radius 2 is 2.00 bits per heavy atom. The van der Waals surface area contributed by atoms with Gasteiger partial charge in [-0.3, -0.25) is 4.99 Å². The predicted octanol–water partition coefficient (Wildman–Crippen LogP) is 3.44. The second-order valence-corrected chi connectivity index (χ2v) is 5.76. The monoisotopic (exact) mass is 191 g/mol. The van der Waals surface area contributed by atoms with E-state index in [2.05, 4.69) is 11.7 Å². The molecule has 4 unspecified atom stereocenters. The first-order valence-corrected chi connectivity index (χ1v) is 6.31. The van der Waals surface area contributed by atoms with Crippen LogP contribution in [0.15, 0.2) is 4.99 Å². The van der Waals surface area contributed by atoms with Crippen molar-refractivity contribution in [1.82, 2.24) is 0 Å². The molecule has 4 atom stereocenters. The molecular formula is C13H21N. The van der Waals surface area contributed by atoms with Gasteiger partial charge < -0.3 is 0 Å². The van der Waals surface area contributed by atoms with Gasteiger partial charge in [-0.05, 0) is 56.1 Å². The highest BCUT2D eigenvalue weighted by Crippen LogP contribution is 2.66. The van der Waals surface area contributed by atoms with Crippen LogP contribution in [-0.4, -0.2) is 12.8 Å². The lowest BCUT2D eigenvalue weighted by atomic mass is 9.77. The van der Waals surface area contributed by atoms with E-state index >= 15 is 0 Å². The Hall–Kier alpha value is -0.330. The molecule has 4 aliphatic carbocycles. The second kappa shape index (κ2) is 3.08. The molecular weight excluding hydrogens is 170 g/mol. The maximum absolute atomic E-state index is 4.43. The summed E-state index contributed by atoms with van der Waals surface area (Å²) in [6, 6.07) is 0.617. The normalized spacial score (nSPS) is 51.3. The third-order valence-corrected chi connectivity index (χ3v) is 5.14. The highest BCUT2D eigenvalue weighted by Gasteiger charge is 2.60. The first-order valence-electron chi connectivity index (χ1n) is 6.31. The van der Waals surface area contributed by atoms with E-state index in [9.17, 15) is 0 Å². The van der Waals surface area contributed by atoms with Crippen LogP contribution in [0.25, 0.3) is 0 Å². The molecule has 14 heavy (non-hydrogen) atoms. The summed E-state index contributed by atoms with van der Waals surface area (Å²) in [6.45, 7) is 3.82. The van der Waals surface area contributed by atoms with Gasteiger partial charge in [0.05, 0.1) is 6.04 Å². The largest absolute Gasteiger partial charge is 0.297 e. The lowest BCUT2D eigenvalue weighted by Crippen LogP contribution is -2.26. The number of hydrogen-bond donors (Lipinski definition) is 0. The standard InChI is InChI=1S/C13H21N/c1-14-12-5-3-2-4-10-6-7-13(12)9-11(13)8-10/h10-12H,1-9H2. The Balaban J connectivity index is 1.85. The van der Waals surface area contributed by atoms with Gasteiger partial charge in [-0.2, -0.15) is 0 Å². The van der Waals surface area contributed by atoms with E-state index in [0.29, 0.717) is 11.5 Å². The van der Waals surface area contributed by atoms with Crippen LogP contribution >= 0.6 is 0 Å². The van der Waals surface area contributed by atoms with Gasteiger partial charge in [-0.1, -0.05) is 19.3 Å². The lowest BCUT2D eigenvalue weighted by Gasteiger charge is -2.30. The minimum atomic E-state index is 0.617. The summed E-state index contributed by atoms with van der Waals surface area (Å²) in [7, 11) is 0. The van der Waals surface area contributed by atoms with Gasteiger partial charge in [0.15, 0.2) is 0 Å². The van der Waals surface area contributed by atoms with Crippen molar-refractivity contribution in [2.24, 2.45) is 22.2 Å². The molecule has 0 heterocycles. The first kappa shape index (κ1) is 8.94. The van der Waals surface area contributed by atoms with Crippen LogP contribution in [0.3, 0.4) is 0 Å². The molecule has 4 rings (SSSR count). The number of fused-ring (bicyclic) bond motifs is 5. The third kappa shape index (κ3) is 1.17. The topological polar surface area (TPSA) is 12.4 Å². The maximum atomic E-state index is 4.43. The van der Waals surface area contributed by atoms with E-state index in [1.807, 2.05) is 0 Å². The van der Waals surface area contributed by atoms with E-state index < -0.39 is 0 Å². The summed E-state index contributed by atoms with van der Waals surface area (Å²) < 4.78 is 0. The van der Waals surface area contributed by atoms with Crippen molar-refractivity contribution in [3.8, 4) is 0 Å². The first-order chi connectivity index (χ1) is 6.85. The van der Waals surface area contributed by atoms with Crippen molar-refractivity contribution in [2.75, 3.05) is 0 Å². The van der Waals surface area contributed by atoms with Crippen LogP contribution in [0.4, 0.5) is 0 Å². The van der Waals surface area contributed by atoms with E-state index in [4.69, 9.17) is 0 Å². The molecule has 0 aromatic carbocycles. The molecule has 0 aliphatic heterocycles. The third-order valence-electron chi connectivity index (χ3n) is 5.14. The number of rotatable bonds is 1. The summed E-state index contributed by atoms with van der Waals surface area (Å²) >= 11 is 0. The van der Waals surface area contributed by atoms with Crippen molar-refractivity contribution < 1.29 is 0 Å². The summed E-state index contributed by atoms with van der Waals surface area (Å²) in [5.41, 5.74) is 0.655. The molecule has 4 saturated carbocycles. The molecule has 0 radical (unpaired) electrons. The number of hydrogen-bond acceptors (Lipinski definition) is 1. The molecule has 0 N–H and O–H groups in total. The Morgan fingerprint density at radius 3 is 2.79 bits per heavy atom. The molecule has 4 aliphatic rings. The van der Waals surface area contributed by atoms with Crippen LogP contribution in [0.2, 0.25) is 0 Å². The van der Waals surface area contributed by atoms with Crippen LogP contribution in [0.5, 0.6) is 0 Å². The van der Waals surface area contributed by atoms with Crippen LogP contribution in [0, 0.1) is 17.3 Å². The smallest absolute Gasteiger partial charge is 0.0551 e.